The monoisotopic (exact) mass is 450 g/mol. The number of nitrogens with one attached hydrogen (secondary N) is 1. The number of hydrogen-bond donors (Lipinski definition) is 1. The Morgan fingerprint density at radius 2 is 1.88 bits per heavy atom. The van der Waals surface area contributed by atoms with Crippen molar-refractivity contribution >= 4 is 17.0 Å². The normalized spacial score (nSPS) is 21.2. The lowest BCUT2D eigenvalue weighted by atomic mass is 9.83. The smallest absolute Gasteiger partial charge is 0.223 e. The van der Waals surface area contributed by atoms with E-state index in [1.54, 1.807) is 14.2 Å². The molecule has 1 aromatic heterocycles. The second-order valence-corrected chi connectivity index (χ2v) is 8.93. The molecular weight excluding hydrogens is 420 g/mol. The Bertz CT molecular complexity index is 1130. The van der Waals surface area contributed by atoms with E-state index in [2.05, 4.69) is 22.4 Å². The average Bonchev–Trinajstić information content (AvgIpc) is 3.49. The minimum Gasteiger partial charge on any atom is -0.494 e. The van der Waals surface area contributed by atoms with Gasteiger partial charge in [0.2, 0.25) is 5.91 Å². The molecule has 1 saturated carbocycles. The number of para-hydroxylation sites is 1. The van der Waals surface area contributed by atoms with Crippen molar-refractivity contribution in [2.45, 2.75) is 50.5 Å². The number of amides is 1. The third-order valence-corrected chi connectivity index (χ3v) is 6.78. The Morgan fingerprint density at radius 3 is 2.67 bits per heavy atom. The summed E-state index contributed by atoms with van der Waals surface area (Å²) in [5, 5.41) is 3.07. The summed E-state index contributed by atoms with van der Waals surface area (Å²) >= 11 is 0. The molecule has 7 nitrogen and oxygen atoms in total. The van der Waals surface area contributed by atoms with E-state index in [9.17, 15) is 4.79 Å². The van der Waals surface area contributed by atoms with Gasteiger partial charge in [0, 0.05) is 24.8 Å². The zero-order valence-corrected chi connectivity index (χ0v) is 19.1. The van der Waals surface area contributed by atoms with Crippen LogP contribution in [0.2, 0.25) is 0 Å². The topological polar surface area (TPSA) is 82.8 Å². The Morgan fingerprint density at radius 1 is 1.06 bits per heavy atom. The zero-order valence-electron chi connectivity index (χ0n) is 19.1. The summed E-state index contributed by atoms with van der Waals surface area (Å²) in [6, 6.07) is 11.7. The first-order valence-corrected chi connectivity index (χ1v) is 11.7. The zero-order chi connectivity index (χ0) is 22.8. The molecule has 7 heteroatoms. The van der Waals surface area contributed by atoms with Crippen molar-refractivity contribution in [1.82, 2.24) is 10.3 Å². The van der Waals surface area contributed by atoms with Crippen LogP contribution in [0.15, 0.2) is 40.8 Å². The highest BCUT2D eigenvalue weighted by Gasteiger charge is 2.32. The summed E-state index contributed by atoms with van der Waals surface area (Å²) in [5.74, 6) is 2.77. The minimum atomic E-state index is -0.218. The van der Waals surface area contributed by atoms with Crippen molar-refractivity contribution in [2.24, 2.45) is 5.92 Å². The molecule has 1 aliphatic carbocycles. The van der Waals surface area contributed by atoms with Gasteiger partial charge in [-0.05, 0) is 61.9 Å². The van der Waals surface area contributed by atoms with Crippen molar-refractivity contribution < 1.29 is 23.4 Å². The van der Waals surface area contributed by atoms with Crippen LogP contribution in [0.3, 0.4) is 0 Å². The fourth-order valence-electron chi connectivity index (χ4n) is 4.99. The minimum absolute atomic E-state index is 0.0383. The fourth-order valence-corrected chi connectivity index (χ4v) is 4.99. The van der Waals surface area contributed by atoms with Gasteiger partial charge in [-0.25, -0.2) is 4.98 Å². The lowest BCUT2D eigenvalue weighted by Crippen LogP contribution is -2.41. The van der Waals surface area contributed by atoms with Crippen LogP contribution in [0.25, 0.3) is 11.1 Å². The summed E-state index contributed by atoms with van der Waals surface area (Å²) < 4.78 is 23.1. The SMILES string of the molecule is COc1ccc([C@H]2CNC(=O)[C@@H](Cc3nc4c(OC)cccc4o3)C2)cc1OC1CCCC1. The summed E-state index contributed by atoms with van der Waals surface area (Å²) in [6.07, 6.45) is 6.02. The molecular formula is C26H30N2O5. The Hall–Kier alpha value is -3.22. The molecule has 0 spiro atoms. The van der Waals surface area contributed by atoms with E-state index < -0.39 is 0 Å². The van der Waals surface area contributed by atoms with Crippen molar-refractivity contribution in [3.8, 4) is 17.2 Å². The van der Waals surface area contributed by atoms with Gasteiger partial charge in [0.1, 0.15) is 5.75 Å². The summed E-state index contributed by atoms with van der Waals surface area (Å²) in [6.45, 7) is 0.603. The Balaban J connectivity index is 1.34. The standard InChI is InChI=1S/C26H30N2O5/c1-30-20-11-10-16(13-23(20)32-19-6-3-4-7-19)18-12-17(26(29)27-15-18)14-24-28-25-21(31-2)8-5-9-22(25)33-24/h5,8-11,13,17-19H,3-4,6-7,12,14-15H2,1-2H3,(H,27,29)/t17-,18-/m1/s1. The van der Waals surface area contributed by atoms with Crippen molar-refractivity contribution in [3.05, 3.63) is 47.9 Å². The maximum Gasteiger partial charge on any atom is 0.223 e. The first-order chi connectivity index (χ1) is 16.1. The van der Waals surface area contributed by atoms with Crippen LogP contribution in [0.5, 0.6) is 17.2 Å². The molecule has 2 heterocycles. The van der Waals surface area contributed by atoms with Gasteiger partial charge < -0.3 is 23.9 Å². The van der Waals surface area contributed by atoms with Gasteiger partial charge in [0.15, 0.2) is 28.5 Å². The number of fused-ring (bicyclic) bond motifs is 1. The number of piperidine rings is 1. The highest BCUT2D eigenvalue weighted by molar-refractivity contribution is 5.81. The molecule has 2 fully saturated rings. The number of hydrogen-bond acceptors (Lipinski definition) is 6. The molecule has 0 radical (unpaired) electrons. The molecule has 1 N–H and O–H groups in total. The summed E-state index contributed by atoms with van der Waals surface area (Å²) in [5.41, 5.74) is 2.50. The van der Waals surface area contributed by atoms with Crippen LogP contribution in [0.1, 0.15) is 49.5 Å². The third-order valence-electron chi connectivity index (χ3n) is 6.78. The van der Waals surface area contributed by atoms with Crippen molar-refractivity contribution in [1.29, 1.82) is 0 Å². The lowest BCUT2D eigenvalue weighted by molar-refractivity contribution is -0.127. The number of carbonyl (C=O) groups is 1. The van der Waals surface area contributed by atoms with E-state index in [4.69, 9.17) is 18.6 Å². The van der Waals surface area contributed by atoms with Gasteiger partial charge in [0.25, 0.3) is 0 Å². The fraction of sp³-hybridized carbons (Fsp3) is 0.462. The molecule has 0 bridgehead atoms. The van der Waals surface area contributed by atoms with Crippen molar-refractivity contribution in [3.63, 3.8) is 0 Å². The van der Waals surface area contributed by atoms with Crippen LogP contribution in [-0.2, 0) is 11.2 Å². The molecule has 2 atom stereocenters. The molecule has 2 aliphatic rings. The molecule has 0 unspecified atom stereocenters. The molecule has 33 heavy (non-hydrogen) atoms. The molecule has 5 rings (SSSR count). The number of aromatic nitrogens is 1. The molecule has 1 saturated heterocycles. The predicted octanol–water partition coefficient (Wildman–Crippen LogP) is 4.63. The van der Waals surface area contributed by atoms with Gasteiger partial charge in [0.05, 0.1) is 20.3 Å². The molecule has 1 aliphatic heterocycles. The highest BCUT2D eigenvalue weighted by atomic mass is 16.5. The van der Waals surface area contributed by atoms with Crippen LogP contribution < -0.4 is 19.5 Å². The second-order valence-electron chi connectivity index (χ2n) is 8.93. The van der Waals surface area contributed by atoms with E-state index in [1.807, 2.05) is 24.3 Å². The number of rotatable bonds is 7. The van der Waals surface area contributed by atoms with Crippen LogP contribution in [-0.4, -0.2) is 37.8 Å². The summed E-state index contributed by atoms with van der Waals surface area (Å²) in [4.78, 5) is 17.3. The molecule has 2 aromatic carbocycles. The first kappa shape index (κ1) is 21.6. The molecule has 3 aromatic rings. The van der Waals surface area contributed by atoms with Crippen molar-refractivity contribution in [2.75, 3.05) is 20.8 Å². The van der Waals surface area contributed by atoms with Gasteiger partial charge >= 0.3 is 0 Å². The Labute approximate surface area is 193 Å². The second kappa shape index (κ2) is 9.33. The summed E-state index contributed by atoms with van der Waals surface area (Å²) in [7, 11) is 3.28. The number of methoxy groups -OCH3 is 2. The number of nitrogens with zero attached hydrogens (tertiary/aromatic N) is 1. The van der Waals surface area contributed by atoms with Crippen LogP contribution >= 0.6 is 0 Å². The Kier molecular flexibility index (Phi) is 6.11. The maximum atomic E-state index is 12.7. The van der Waals surface area contributed by atoms with E-state index >= 15 is 0 Å². The third kappa shape index (κ3) is 4.49. The van der Waals surface area contributed by atoms with E-state index in [0.717, 1.165) is 36.3 Å². The quantitative estimate of drug-likeness (QED) is 0.565. The van der Waals surface area contributed by atoms with Crippen LogP contribution in [0.4, 0.5) is 0 Å². The molecule has 1 amide bonds. The van der Waals surface area contributed by atoms with Crippen LogP contribution in [0, 0.1) is 5.92 Å². The average molecular weight is 451 g/mol. The number of ether oxygens (including phenoxy) is 3. The highest BCUT2D eigenvalue weighted by Crippen LogP contribution is 2.37. The molecule has 174 valence electrons. The largest absolute Gasteiger partial charge is 0.494 e. The van der Waals surface area contributed by atoms with Gasteiger partial charge in [-0.3, -0.25) is 4.79 Å². The number of carbonyl (C=O) groups excluding carboxylic acids is 1. The van der Waals surface area contributed by atoms with Gasteiger partial charge in [-0.15, -0.1) is 0 Å². The number of oxazole rings is 1. The lowest BCUT2D eigenvalue weighted by Gasteiger charge is -2.29. The van der Waals surface area contributed by atoms with E-state index in [1.165, 1.54) is 12.8 Å². The van der Waals surface area contributed by atoms with E-state index in [-0.39, 0.29) is 23.8 Å². The van der Waals surface area contributed by atoms with Gasteiger partial charge in [-0.1, -0.05) is 12.1 Å². The predicted molar refractivity (Wildman–Crippen MR) is 124 cm³/mol. The maximum absolute atomic E-state index is 12.7. The number of benzene rings is 2. The first-order valence-electron chi connectivity index (χ1n) is 11.7. The van der Waals surface area contributed by atoms with Gasteiger partial charge in [-0.2, -0.15) is 0 Å². The van der Waals surface area contributed by atoms with E-state index in [0.29, 0.717) is 35.7 Å².